The second-order valence-corrected chi connectivity index (χ2v) is 4.37. The summed E-state index contributed by atoms with van der Waals surface area (Å²) in [7, 11) is 1.83. The molecule has 0 bridgehead atoms. The summed E-state index contributed by atoms with van der Waals surface area (Å²) in [6.07, 6.45) is 0. The van der Waals surface area contributed by atoms with Crippen LogP contribution in [0.4, 0.5) is 4.79 Å². The van der Waals surface area contributed by atoms with E-state index in [1.165, 1.54) is 0 Å². The normalized spacial score (nSPS) is 15.7. The first-order valence-electron chi connectivity index (χ1n) is 6.14. The molecule has 0 atom stereocenters. The molecule has 0 aromatic rings. The Morgan fingerprint density at radius 2 is 1.65 bits per heavy atom. The highest BCUT2D eigenvalue weighted by molar-refractivity contribution is 7.80. The summed E-state index contributed by atoms with van der Waals surface area (Å²) in [4.78, 5) is 17.9. The maximum absolute atomic E-state index is 12.1. The van der Waals surface area contributed by atoms with Crippen LogP contribution in [-0.4, -0.2) is 72.2 Å². The number of amides is 2. The summed E-state index contributed by atoms with van der Waals surface area (Å²) in [6.45, 7) is 8.67. The number of nitrogens with one attached hydrogen (secondary N) is 1. The van der Waals surface area contributed by atoms with E-state index in [2.05, 4.69) is 10.2 Å². The molecule has 2 amide bonds. The van der Waals surface area contributed by atoms with Gasteiger partial charge >= 0.3 is 6.03 Å². The molecule has 1 heterocycles. The lowest BCUT2D eigenvalue weighted by atomic mass is 10.3. The van der Waals surface area contributed by atoms with Crippen molar-refractivity contribution in [3.63, 3.8) is 0 Å². The molecule has 1 N–H and O–H groups in total. The van der Waals surface area contributed by atoms with Crippen molar-refractivity contribution in [2.45, 2.75) is 13.8 Å². The van der Waals surface area contributed by atoms with E-state index in [0.717, 1.165) is 44.4 Å². The summed E-state index contributed by atoms with van der Waals surface area (Å²) >= 11 is 5.18. The first-order valence-corrected chi connectivity index (χ1v) is 6.55. The van der Waals surface area contributed by atoms with Crippen molar-refractivity contribution in [3.8, 4) is 0 Å². The van der Waals surface area contributed by atoms with Gasteiger partial charge in [-0.3, -0.25) is 0 Å². The van der Waals surface area contributed by atoms with E-state index in [0.29, 0.717) is 0 Å². The van der Waals surface area contributed by atoms with E-state index < -0.39 is 0 Å². The Kier molecular flexibility index (Phi) is 5.47. The molecule has 1 aliphatic rings. The van der Waals surface area contributed by atoms with Gasteiger partial charge in [0.2, 0.25) is 0 Å². The monoisotopic (exact) mass is 258 g/mol. The van der Waals surface area contributed by atoms with E-state index in [-0.39, 0.29) is 6.03 Å². The van der Waals surface area contributed by atoms with Gasteiger partial charge in [-0.1, -0.05) is 0 Å². The van der Waals surface area contributed by atoms with Gasteiger partial charge in [-0.25, -0.2) is 4.79 Å². The smallest absolute Gasteiger partial charge is 0.320 e. The van der Waals surface area contributed by atoms with Gasteiger partial charge in [0.1, 0.15) is 0 Å². The zero-order valence-electron chi connectivity index (χ0n) is 10.9. The average molecular weight is 258 g/mol. The number of piperazine rings is 1. The quantitative estimate of drug-likeness (QED) is 0.735. The number of thiocarbonyl (C=S) groups is 1. The third kappa shape index (κ3) is 3.46. The Morgan fingerprint density at radius 3 is 2.06 bits per heavy atom. The SMILES string of the molecule is CCN(CC)C(=O)N1CCN(C(=S)NC)CC1. The van der Waals surface area contributed by atoms with Gasteiger partial charge in [-0.05, 0) is 26.1 Å². The van der Waals surface area contributed by atoms with Crippen molar-refractivity contribution >= 4 is 23.4 Å². The summed E-state index contributed by atoms with van der Waals surface area (Å²) in [6, 6.07) is 0.144. The van der Waals surface area contributed by atoms with Gasteiger partial charge in [-0.2, -0.15) is 0 Å². The Hall–Kier alpha value is -1.04. The lowest BCUT2D eigenvalue weighted by Gasteiger charge is -2.37. The largest absolute Gasteiger partial charge is 0.366 e. The maximum atomic E-state index is 12.1. The fraction of sp³-hybridized carbons (Fsp3) is 0.818. The van der Waals surface area contributed by atoms with Crippen LogP contribution >= 0.6 is 12.2 Å². The Morgan fingerprint density at radius 1 is 1.18 bits per heavy atom. The fourth-order valence-corrected chi connectivity index (χ4v) is 2.14. The number of urea groups is 1. The zero-order chi connectivity index (χ0) is 12.8. The van der Waals surface area contributed by atoms with Crippen LogP contribution in [0.25, 0.3) is 0 Å². The van der Waals surface area contributed by atoms with Crippen LogP contribution in [0.3, 0.4) is 0 Å². The van der Waals surface area contributed by atoms with Crippen LogP contribution in [0.15, 0.2) is 0 Å². The minimum Gasteiger partial charge on any atom is -0.366 e. The first kappa shape index (κ1) is 14.0. The highest BCUT2D eigenvalue weighted by Gasteiger charge is 2.24. The molecule has 0 aliphatic carbocycles. The molecule has 1 fully saturated rings. The minimum atomic E-state index is 0.144. The van der Waals surface area contributed by atoms with E-state index in [4.69, 9.17) is 12.2 Å². The number of carbonyl (C=O) groups is 1. The second kappa shape index (κ2) is 6.64. The van der Waals surface area contributed by atoms with Gasteiger partial charge < -0.3 is 20.0 Å². The van der Waals surface area contributed by atoms with Gasteiger partial charge in [0.15, 0.2) is 5.11 Å². The zero-order valence-corrected chi connectivity index (χ0v) is 11.7. The molecule has 0 spiro atoms. The van der Waals surface area contributed by atoms with Crippen LogP contribution in [0.2, 0.25) is 0 Å². The van der Waals surface area contributed by atoms with Crippen molar-refractivity contribution in [2.24, 2.45) is 0 Å². The van der Waals surface area contributed by atoms with Gasteiger partial charge in [0.25, 0.3) is 0 Å². The Balaban J connectivity index is 2.46. The van der Waals surface area contributed by atoms with Crippen LogP contribution in [0.1, 0.15) is 13.8 Å². The molecule has 98 valence electrons. The van der Waals surface area contributed by atoms with Gasteiger partial charge in [-0.15, -0.1) is 0 Å². The molecule has 1 saturated heterocycles. The molecule has 0 aromatic carbocycles. The molecule has 0 unspecified atom stereocenters. The topological polar surface area (TPSA) is 38.8 Å². The third-order valence-corrected chi connectivity index (χ3v) is 3.55. The number of hydrogen-bond donors (Lipinski definition) is 1. The second-order valence-electron chi connectivity index (χ2n) is 3.98. The predicted octanol–water partition coefficient (Wildman–Crippen LogP) is 0.570. The molecule has 1 aliphatic heterocycles. The molecule has 0 aromatic heterocycles. The molecule has 17 heavy (non-hydrogen) atoms. The van der Waals surface area contributed by atoms with Crippen molar-refractivity contribution < 1.29 is 4.79 Å². The molecular formula is C11H22N4OS. The average Bonchev–Trinajstić information content (AvgIpc) is 2.39. The number of hydrogen-bond acceptors (Lipinski definition) is 2. The Bertz CT molecular complexity index is 273. The number of nitrogens with zero attached hydrogens (tertiary/aromatic N) is 3. The molecule has 6 heteroatoms. The number of rotatable bonds is 2. The summed E-state index contributed by atoms with van der Waals surface area (Å²) in [5, 5.41) is 3.73. The van der Waals surface area contributed by atoms with Gasteiger partial charge in [0.05, 0.1) is 0 Å². The van der Waals surface area contributed by atoms with E-state index in [9.17, 15) is 4.79 Å². The van der Waals surface area contributed by atoms with E-state index >= 15 is 0 Å². The molecule has 0 radical (unpaired) electrons. The molecule has 0 saturated carbocycles. The highest BCUT2D eigenvalue weighted by Crippen LogP contribution is 2.06. The van der Waals surface area contributed by atoms with Crippen molar-refractivity contribution in [3.05, 3.63) is 0 Å². The fourth-order valence-electron chi connectivity index (χ4n) is 1.95. The summed E-state index contributed by atoms with van der Waals surface area (Å²) < 4.78 is 0. The lowest BCUT2D eigenvalue weighted by molar-refractivity contribution is 0.135. The van der Waals surface area contributed by atoms with Crippen LogP contribution in [0, 0.1) is 0 Å². The summed E-state index contributed by atoms with van der Waals surface area (Å²) in [5.41, 5.74) is 0. The standard InChI is InChI=1S/C11H22N4OS/c1-4-13(5-2)11(16)15-8-6-14(7-9-15)10(17)12-3/h4-9H2,1-3H3,(H,12,17). The van der Waals surface area contributed by atoms with Crippen molar-refractivity contribution in [2.75, 3.05) is 46.3 Å². The van der Waals surface area contributed by atoms with Crippen LogP contribution < -0.4 is 5.32 Å². The van der Waals surface area contributed by atoms with E-state index in [1.54, 1.807) is 0 Å². The molecule has 1 rings (SSSR count). The highest BCUT2D eigenvalue weighted by atomic mass is 32.1. The van der Waals surface area contributed by atoms with E-state index in [1.807, 2.05) is 30.7 Å². The predicted molar refractivity (Wildman–Crippen MR) is 73.1 cm³/mol. The third-order valence-electron chi connectivity index (χ3n) is 3.09. The van der Waals surface area contributed by atoms with Crippen molar-refractivity contribution in [1.82, 2.24) is 20.0 Å². The molecule has 5 nitrogen and oxygen atoms in total. The maximum Gasteiger partial charge on any atom is 0.320 e. The van der Waals surface area contributed by atoms with Gasteiger partial charge in [0, 0.05) is 46.3 Å². The lowest BCUT2D eigenvalue weighted by Crippen LogP contribution is -2.55. The molecular weight excluding hydrogens is 236 g/mol. The van der Waals surface area contributed by atoms with Crippen LogP contribution in [0.5, 0.6) is 0 Å². The number of carbonyl (C=O) groups excluding carboxylic acids is 1. The van der Waals surface area contributed by atoms with Crippen molar-refractivity contribution in [1.29, 1.82) is 0 Å². The first-order chi connectivity index (χ1) is 8.13. The minimum absolute atomic E-state index is 0.144. The Labute approximate surface area is 109 Å². The van der Waals surface area contributed by atoms with Crippen LogP contribution in [-0.2, 0) is 0 Å². The summed E-state index contributed by atoms with van der Waals surface area (Å²) in [5.74, 6) is 0.